The van der Waals surface area contributed by atoms with Crippen molar-refractivity contribution < 1.29 is 9.84 Å². The molecule has 3 nitrogen and oxygen atoms in total. The number of ether oxygens (including phenoxy) is 1. The summed E-state index contributed by atoms with van der Waals surface area (Å²) in [7, 11) is 0. The minimum absolute atomic E-state index is 0.0511. The average molecular weight is 209 g/mol. The number of hydrogen-bond acceptors (Lipinski definition) is 3. The highest BCUT2D eigenvalue weighted by Crippen LogP contribution is 2.17. The fraction of sp³-hybridized carbons (Fsp3) is 0.500. The molecule has 1 unspecified atom stereocenters. The van der Waals surface area contributed by atoms with Crippen molar-refractivity contribution in [3.8, 4) is 5.75 Å². The predicted molar refractivity (Wildman–Crippen MR) is 61.1 cm³/mol. The van der Waals surface area contributed by atoms with Crippen LogP contribution in [0.2, 0.25) is 0 Å². The molecule has 0 saturated carbocycles. The fourth-order valence-electron chi connectivity index (χ4n) is 1.44. The lowest BCUT2D eigenvalue weighted by molar-refractivity contribution is 0.201. The van der Waals surface area contributed by atoms with Gasteiger partial charge >= 0.3 is 0 Å². The van der Waals surface area contributed by atoms with E-state index in [4.69, 9.17) is 9.84 Å². The van der Waals surface area contributed by atoms with Gasteiger partial charge in [-0.2, -0.15) is 0 Å². The standard InChI is InChI=1S/C12H19NO2/c1-3-13-10(2)11-4-6-12(7-5-11)15-9-8-14/h4-7,10,13-14H,3,8-9H2,1-2H3. The Morgan fingerprint density at radius 1 is 1.33 bits per heavy atom. The van der Waals surface area contributed by atoms with Gasteiger partial charge in [-0.3, -0.25) is 0 Å². The van der Waals surface area contributed by atoms with Crippen molar-refractivity contribution in [3.63, 3.8) is 0 Å². The Balaban J connectivity index is 2.55. The van der Waals surface area contributed by atoms with Crippen LogP contribution in [0.15, 0.2) is 24.3 Å². The molecule has 1 aromatic rings. The Hall–Kier alpha value is -1.06. The first kappa shape index (κ1) is 12.0. The molecule has 0 aliphatic carbocycles. The molecule has 0 aromatic heterocycles. The SMILES string of the molecule is CCNC(C)c1ccc(OCCO)cc1. The van der Waals surface area contributed by atoms with Crippen LogP contribution in [0.3, 0.4) is 0 Å². The van der Waals surface area contributed by atoms with Crippen LogP contribution in [0, 0.1) is 0 Å². The molecule has 2 N–H and O–H groups in total. The smallest absolute Gasteiger partial charge is 0.119 e. The van der Waals surface area contributed by atoms with Crippen LogP contribution in [-0.4, -0.2) is 24.9 Å². The summed E-state index contributed by atoms with van der Waals surface area (Å²) in [6.07, 6.45) is 0. The van der Waals surface area contributed by atoms with E-state index in [1.165, 1.54) is 5.56 Å². The maximum atomic E-state index is 8.61. The average Bonchev–Trinajstić information content (AvgIpc) is 2.27. The second kappa shape index (κ2) is 6.43. The molecule has 0 heterocycles. The summed E-state index contributed by atoms with van der Waals surface area (Å²) in [5, 5.41) is 11.9. The monoisotopic (exact) mass is 209 g/mol. The third-order valence-corrected chi connectivity index (χ3v) is 2.25. The van der Waals surface area contributed by atoms with E-state index in [2.05, 4.69) is 19.2 Å². The zero-order valence-electron chi connectivity index (χ0n) is 9.36. The maximum absolute atomic E-state index is 8.61. The maximum Gasteiger partial charge on any atom is 0.119 e. The van der Waals surface area contributed by atoms with Gasteiger partial charge in [-0.1, -0.05) is 19.1 Å². The number of benzene rings is 1. The van der Waals surface area contributed by atoms with Crippen molar-refractivity contribution in [2.45, 2.75) is 19.9 Å². The summed E-state index contributed by atoms with van der Waals surface area (Å²) < 4.78 is 5.28. The molecule has 0 spiro atoms. The van der Waals surface area contributed by atoms with E-state index in [9.17, 15) is 0 Å². The van der Waals surface area contributed by atoms with Gasteiger partial charge in [0.05, 0.1) is 6.61 Å². The first-order valence-electron chi connectivity index (χ1n) is 5.35. The van der Waals surface area contributed by atoms with Gasteiger partial charge in [-0.25, -0.2) is 0 Å². The molecule has 15 heavy (non-hydrogen) atoms. The Bertz CT molecular complexity index is 271. The molecule has 1 rings (SSSR count). The Kier molecular flexibility index (Phi) is 5.15. The van der Waals surface area contributed by atoms with E-state index in [0.29, 0.717) is 12.6 Å². The van der Waals surface area contributed by atoms with E-state index in [-0.39, 0.29) is 6.61 Å². The zero-order valence-corrected chi connectivity index (χ0v) is 9.36. The number of aliphatic hydroxyl groups excluding tert-OH is 1. The summed E-state index contributed by atoms with van der Waals surface area (Å²) in [6, 6.07) is 8.31. The summed E-state index contributed by atoms with van der Waals surface area (Å²) in [6.45, 7) is 5.59. The van der Waals surface area contributed by atoms with E-state index in [1.54, 1.807) is 0 Å². The molecule has 1 atom stereocenters. The molecule has 84 valence electrons. The minimum atomic E-state index is 0.0511. The summed E-state index contributed by atoms with van der Waals surface area (Å²) in [5.41, 5.74) is 1.24. The highest BCUT2D eigenvalue weighted by Gasteiger charge is 2.02. The second-order valence-corrected chi connectivity index (χ2v) is 3.42. The van der Waals surface area contributed by atoms with Gasteiger partial charge in [0, 0.05) is 6.04 Å². The van der Waals surface area contributed by atoms with Crippen molar-refractivity contribution in [1.82, 2.24) is 5.32 Å². The van der Waals surface area contributed by atoms with Crippen LogP contribution in [0.25, 0.3) is 0 Å². The van der Waals surface area contributed by atoms with E-state index >= 15 is 0 Å². The largest absolute Gasteiger partial charge is 0.491 e. The summed E-state index contributed by atoms with van der Waals surface area (Å²) >= 11 is 0. The van der Waals surface area contributed by atoms with E-state index in [0.717, 1.165) is 12.3 Å². The topological polar surface area (TPSA) is 41.5 Å². The second-order valence-electron chi connectivity index (χ2n) is 3.42. The van der Waals surface area contributed by atoms with Crippen LogP contribution in [0.1, 0.15) is 25.5 Å². The summed E-state index contributed by atoms with van der Waals surface area (Å²) in [5.74, 6) is 0.802. The van der Waals surface area contributed by atoms with Gasteiger partial charge in [0.15, 0.2) is 0 Å². The third-order valence-electron chi connectivity index (χ3n) is 2.25. The van der Waals surface area contributed by atoms with Crippen molar-refractivity contribution in [3.05, 3.63) is 29.8 Å². The molecule has 0 aliphatic heterocycles. The van der Waals surface area contributed by atoms with E-state index < -0.39 is 0 Å². The van der Waals surface area contributed by atoms with Gasteiger partial charge in [0.2, 0.25) is 0 Å². The van der Waals surface area contributed by atoms with Crippen LogP contribution in [-0.2, 0) is 0 Å². The molecule has 3 heteroatoms. The molecule has 0 bridgehead atoms. The van der Waals surface area contributed by atoms with Crippen molar-refractivity contribution in [2.75, 3.05) is 19.8 Å². The Morgan fingerprint density at radius 3 is 2.53 bits per heavy atom. The molecule has 0 aliphatic rings. The number of hydrogen-bond donors (Lipinski definition) is 2. The first-order chi connectivity index (χ1) is 7.27. The molecule has 0 radical (unpaired) electrons. The van der Waals surface area contributed by atoms with Crippen LogP contribution in [0.4, 0.5) is 0 Å². The minimum Gasteiger partial charge on any atom is -0.491 e. The normalized spacial score (nSPS) is 12.5. The highest BCUT2D eigenvalue weighted by atomic mass is 16.5. The predicted octanol–water partition coefficient (Wildman–Crippen LogP) is 1.73. The number of nitrogens with one attached hydrogen (secondary N) is 1. The number of rotatable bonds is 6. The lowest BCUT2D eigenvalue weighted by atomic mass is 10.1. The van der Waals surface area contributed by atoms with Crippen LogP contribution < -0.4 is 10.1 Å². The molecule has 0 fully saturated rings. The molecule has 1 aromatic carbocycles. The van der Waals surface area contributed by atoms with Gasteiger partial charge in [-0.05, 0) is 31.2 Å². The van der Waals surface area contributed by atoms with Gasteiger partial charge < -0.3 is 15.2 Å². The number of aliphatic hydroxyl groups is 1. The molecular formula is C12H19NO2. The molecule has 0 saturated heterocycles. The highest BCUT2D eigenvalue weighted by molar-refractivity contribution is 5.28. The first-order valence-corrected chi connectivity index (χ1v) is 5.35. The van der Waals surface area contributed by atoms with Crippen LogP contribution in [0.5, 0.6) is 5.75 Å². The Labute approximate surface area is 91.1 Å². The third kappa shape index (κ3) is 3.90. The summed E-state index contributed by atoms with van der Waals surface area (Å²) in [4.78, 5) is 0. The van der Waals surface area contributed by atoms with Crippen molar-refractivity contribution in [2.24, 2.45) is 0 Å². The van der Waals surface area contributed by atoms with Gasteiger partial charge in [0.25, 0.3) is 0 Å². The molecular weight excluding hydrogens is 190 g/mol. The van der Waals surface area contributed by atoms with Crippen molar-refractivity contribution in [1.29, 1.82) is 0 Å². The lowest BCUT2D eigenvalue weighted by Gasteiger charge is -2.13. The fourth-order valence-corrected chi connectivity index (χ4v) is 1.44. The Morgan fingerprint density at radius 2 is 2.00 bits per heavy atom. The zero-order chi connectivity index (χ0) is 11.1. The molecule has 0 amide bonds. The van der Waals surface area contributed by atoms with Gasteiger partial charge in [-0.15, -0.1) is 0 Å². The van der Waals surface area contributed by atoms with E-state index in [1.807, 2.05) is 24.3 Å². The quantitative estimate of drug-likeness (QED) is 0.749. The van der Waals surface area contributed by atoms with Crippen molar-refractivity contribution >= 4 is 0 Å². The van der Waals surface area contributed by atoms with Crippen LogP contribution >= 0.6 is 0 Å². The van der Waals surface area contributed by atoms with Gasteiger partial charge in [0.1, 0.15) is 12.4 Å². The lowest BCUT2D eigenvalue weighted by Crippen LogP contribution is -2.17.